The molecule has 0 fully saturated rings. The number of aromatic amines is 1. The molecule has 0 aliphatic carbocycles. The number of rotatable bonds is 3. The molecule has 2 aromatic heterocycles. The monoisotopic (exact) mass is 244 g/mol. The van der Waals surface area contributed by atoms with Gasteiger partial charge in [0.25, 0.3) is 0 Å². The largest absolute Gasteiger partial charge is 0.345 e. The molecule has 5 heteroatoms. The van der Waals surface area contributed by atoms with E-state index in [1.165, 1.54) is 10.4 Å². The smallest absolute Gasteiger partial charge is 0.107 e. The molecule has 3 aromatic rings. The van der Waals surface area contributed by atoms with Crippen molar-refractivity contribution < 1.29 is 0 Å². The Balaban J connectivity index is 2.00. The van der Waals surface area contributed by atoms with Gasteiger partial charge in [0.2, 0.25) is 0 Å². The summed E-state index contributed by atoms with van der Waals surface area (Å²) >= 11 is 1.71. The lowest BCUT2D eigenvalue weighted by molar-refractivity contribution is 0.810. The maximum atomic E-state index is 4.38. The Bertz CT molecular complexity index is 641. The highest BCUT2D eigenvalue weighted by Crippen LogP contribution is 2.27. The summed E-state index contributed by atoms with van der Waals surface area (Å²) in [6.07, 6.45) is 3.64. The van der Waals surface area contributed by atoms with Gasteiger partial charge in [-0.3, -0.25) is 0 Å². The van der Waals surface area contributed by atoms with Gasteiger partial charge in [-0.25, -0.2) is 9.97 Å². The average Bonchev–Trinajstić information content (AvgIpc) is 2.96. The molecular formula is C12H12N4S. The molecular weight excluding hydrogens is 232 g/mol. The molecule has 0 aliphatic rings. The molecule has 0 atom stereocenters. The SMILES string of the molecule is CNCc1ncc(-c2ccc3nc[nH]c3c2)s1. The summed E-state index contributed by atoms with van der Waals surface area (Å²) in [6, 6.07) is 6.22. The van der Waals surface area contributed by atoms with Crippen LogP contribution in [0.15, 0.2) is 30.7 Å². The lowest BCUT2D eigenvalue weighted by atomic mass is 10.2. The van der Waals surface area contributed by atoms with Crippen LogP contribution in [0.4, 0.5) is 0 Å². The van der Waals surface area contributed by atoms with Crippen LogP contribution < -0.4 is 5.32 Å². The van der Waals surface area contributed by atoms with E-state index in [0.29, 0.717) is 0 Å². The Hall–Kier alpha value is -1.72. The van der Waals surface area contributed by atoms with Gasteiger partial charge in [-0.1, -0.05) is 6.07 Å². The van der Waals surface area contributed by atoms with E-state index in [9.17, 15) is 0 Å². The van der Waals surface area contributed by atoms with Crippen LogP contribution in [-0.4, -0.2) is 22.0 Å². The normalized spacial score (nSPS) is 11.1. The highest BCUT2D eigenvalue weighted by atomic mass is 32.1. The molecule has 4 nitrogen and oxygen atoms in total. The van der Waals surface area contributed by atoms with Crippen LogP contribution in [0.3, 0.4) is 0 Å². The van der Waals surface area contributed by atoms with Crippen molar-refractivity contribution in [1.29, 1.82) is 0 Å². The minimum Gasteiger partial charge on any atom is -0.345 e. The zero-order valence-corrected chi connectivity index (χ0v) is 10.2. The van der Waals surface area contributed by atoms with Crippen LogP contribution in [0.1, 0.15) is 5.01 Å². The number of thiazole rings is 1. The number of H-pyrrole nitrogens is 1. The summed E-state index contributed by atoms with van der Waals surface area (Å²) in [4.78, 5) is 12.9. The average molecular weight is 244 g/mol. The molecule has 0 unspecified atom stereocenters. The van der Waals surface area contributed by atoms with Gasteiger partial charge < -0.3 is 10.3 Å². The van der Waals surface area contributed by atoms with Crippen molar-refractivity contribution in [1.82, 2.24) is 20.3 Å². The molecule has 2 N–H and O–H groups in total. The van der Waals surface area contributed by atoms with E-state index in [4.69, 9.17) is 0 Å². The van der Waals surface area contributed by atoms with Gasteiger partial charge in [-0.15, -0.1) is 11.3 Å². The molecule has 0 aliphatic heterocycles. The molecule has 17 heavy (non-hydrogen) atoms. The van der Waals surface area contributed by atoms with E-state index >= 15 is 0 Å². The van der Waals surface area contributed by atoms with Crippen LogP contribution in [0, 0.1) is 0 Å². The highest BCUT2D eigenvalue weighted by molar-refractivity contribution is 7.15. The number of hydrogen-bond donors (Lipinski definition) is 2. The summed E-state index contributed by atoms with van der Waals surface area (Å²) in [5, 5.41) is 4.21. The summed E-state index contributed by atoms with van der Waals surface area (Å²) < 4.78 is 0. The van der Waals surface area contributed by atoms with E-state index in [2.05, 4.69) is 32.4 Å². The minimum absolute atomic E-state index is 0.816. The lowest BCUT2D eigenvalue weighted by Gasteiger charge is -1.96. The molecule has 2 heterocycles. The second kappa shape index (κ2) is 4.27. The fourth-order valence-electron chi connectivity index (χ4n) is 1.77. The van der Waals surface area contributed by atoms with Crippen LogP contribution in [0.5, 0.6) is 0 Å². The molecule has 0 amide bonds. The first-order valence-electron chi connectivity index (χ1n) is 5.39. The van der Waals surface area contributed by atoms with Gasteiger partial charge in [0.05, 0.1) is 22.2 Å². The molecule has 3 rings (SSSR count). The first-order chi connectivity index (χ1) is 8.36. The van der Waals surface area contributed by atoms with Crippen molar-refractivity contribution in [2.75, 3.05) is 7.05 Å². The van der Waals surface area contributed by atoms with Gasteiger partial charge >= 0.3 is 0 Å². The molecule has 0 saturated carbocycles. The topological polar surface area (TPSA) is 53.6 Å². The third kappa shape index (κ3) is 1.94. The second-order valence-electron chi connectivity index (χ2n) is 3.78. The first kappa shape index (κ1) is 10.4. The van der Waals surface area contributed by atoms with Crippen molar-refractivity contribution >= 4 is 22.4 Å². The highest BCUT2D eigenvalue weighted by Gasteiger charge is 2.05. The third-order valence-corrected chi connectivity index (χ3v) is 3.63. The predicted octanol–water partition coefficient (Wildman–Crippen LogP) is 2.41. The summed E-state index contributed by atoms with van der Waals surface area (Å²) in [7, 11) is 1.93. The molecule has 0 saturated heterocycles. The standard InChI is InChI=1S/C12H12N4S/c1-13-6-12-14-5-11(17-12)8-2-3-9-10(4-8)16-7-15-9/h2-5,7,13H,6H2,1H3,(H,15,16). The molecule has 0 radical (unpaired) electrons. The number of imidazole rings is 1. The fraction of sp³-hybridized carbons (Fsp3) is 0.167. The molecule has 0 spiro atoms. The minimum atomic E-state index is 0.816. The second-order valence-corrected chi connectivity index (χ2v) is 4.90. The van der Waals surface area contributed by atoms with Gasteiger partial charge in [-0.05, 0) is 24.7 Å². The van der Waals surface area contributed by atoms with Gasteiger partial charge in [0, 0.05) is 12.7 Å². The number of hydrogen-bond acceptors (Lipinski definition) is 4. The predicted molar refractivity (Wildman–Crippen MR) is 70.0 cm³/mol. The summed E-state index contributed by atoms with van der Waals surface area (Å²) in [5.74, 6) is 0. The van der Waals surface area contributed by atoms with Crippen molar-refractivity contribution in [3.8, 4) is 10.4 Å². The molecule has 86 valence electrons. The maximum absolute atomic E-state index is 4.38. The number of benzene rings is 1. The van der Waals surface area contributed by atoms with Crippen molar-refractivity contribution in [3.63, 3.8) is 0 Å². The molecule has 0 bridgehead atoms. The number of nitrogens with one attached hydrogen (secondary N) is 2. The van der Waals surface area contributed by atoms with Crippen LogP contribution in [-0.2, 0) is 6.54 Å². The number of fused-ring (bicyclic) bond motifs is 1. The lowest BCUT2D eigenvalue weighted by Crippen LogP contribution is -2.03. The molecule has 1 aromatic carbocycles. The van der Waals surface area contributed by atoms with Gasteiger partial charge in [0.1, 0.15) is 5.01 Å². The van der Waals surface area contributed by atoms with Crippen molar-refractivity contribution in [3.05, 3.63) is 35.7 Å². The Morgan fingerprint density at radius 3 is 3.18 bits per heavy atom. The van der Waals surface area contributed by atoms with E-state index in [-0.39, 0.29) is 0 Å². The fourth-order valence-corrected chi connectivity index (χ4v) is 2.69. The number of nitrogens with zero attached hydrogens (tertiary/aromatic N) is 2. The quantitative estimate of drug-likeness (QED) is 0.744. The Kier molecular flexibility index (Phi) is 2.62. The zero-order valence-electron chi connectivity index (χ0n) is 9.40. The van der Waals surface area contributed by atoms with Crippen LogP contribution >= 0.6 is 11.3 Å². The Morgan fingerprint density at radius 2 is 2.29 bits per heavy atom. The zero-order chi connectivity index (χ0) is 11.7. The Morgan fingerprint density at radius 1 is 1.35 bits per heavy atom. The summed E-state index contributed by atoms with van der Waals surface area (Å²) in [5.41, 5.74) is 3.24. The van der Waals surface area contributed by atoms with E-state index in [1.54, 1.807) is 17.7 Å². The van der Waals surface area contributed by atoms with E-state index in [1.807, 2.05) is 19.3 Å². The van der Waals surface area contributed by atoms with Crippen molar-refractivity contribution in [2.24, 2.45) is 0 Å². The maximum Gasteiger partial charge on any atom is 0.107 e. The Labute approximate surface area is 103 Å². The first-order valence-corrected chi connectivity index (χ1v) is 6.21. The van der Waals surface area contributed by atoms with Crippen molar-refractivity contribution in [2.45, 2.75) is 6.54 Å². The van der Waals surface area contributed by atoms with Gasteiger partial charge in [-0.2, -0.15) is 0 Å². The van der Waals surface area contributed by atoms with E-state index in [0.717, 1.165) is 22.6 Å². The summed E-state index contributed by atoms with van der Waals surface area (Å²) in [6.45, 7) is 0.816. The van der Waals surface area contributed by atoms with Crippen LogP contribution in [0.2, 0.25) is 0 Å². The van der Waals surface area contributed by atoms with E-state index < -0.39 is 0 Å². The number of aromatic nitrogens is 3. The van der Waals surface area contributed by atoms with Gasteiger partial charge in [0.15, 0.2) is 0 Å². The third-order valence-electron chi connectivity index (χ3n) is 2.59. The van der Waals surface area contributed by atoms with Crippen LogP contribution in [0.25, 0.3) is 21.5 Å².